The van der Waals surface area contributed by atoms with Gasteiger partial charge in [-0.15, -0.1) is 0 Å². The molecule has 0 atom stereocenters. The van der Waals surface area contributed by atoms with E-state index >= 15 is 0 Å². The average molecular weight is 331 g/mol. The Morgan fingerprint density at radius 3 is 2.39 bits per heavy atom. The Hall–Kier alpha value is -2.38. The lowest BCUT2D eigenvalue weighted by atomic mass is 10.00. The summed E-state index contributed by atoms with van der Waals surface area (Å²) in [6, 6.07) is 0.0491. The second kappa shape index (κ2) is 6.39. The minimum absolute atomic E-state index is 0.0491. The highest BCUT2D eigenvalue weighted by molar-refractivity contribution is 6.24. The molecule has 0 saturated heterocycles. The molecular formula is C15H13F4NO3. The van der Waals surface area contributed by atoms with Crippen LogP contribution in [0.5, 0.6) is 0 Å². The molecule has 0 aliphatic heterocycles. The van der Waals surface area contributed by atoms with Gasteiger partial charge in [-0.1, -0.05) is 0 Å². The first-order valence-corrected chi connectivity index (χ1v) is 6.82. The highest BCUT2D eigenvalue weighted by Gasteiger charge is 2.36. The van der Waals surface area contributed by atoms with Gasteiger partial charge < -0.3 is 15.3 Å². The van der Waals surface area contributed by atoms with Crippen LogP contribution in [0.15, 0.2) is 11.6 Å². The zero-order valence-electron chi connectivity index (χ0n) is 12.1. The Bertz CT molecular complexity index is 711. The first-order valence-electron chi connectivity index (χ1n) is 6.82. The molecule has 0 aromatic heterocycles. The van der Waals surface area contributed by atoms with Crippen molar-refractivity contribution in [3.8, 4) is 0 Å². The third kappa shape index (κ3) is 3.20. The standard InChI is InChI=1S/C15H13F4NO3/c1-2-23-15(22)10(13(20)6-3-4-6)14(21)9-7(16)5-8(17)11(18)12(9)19/h5-6,20-21H,2-4H2,1H3. The maximum Gasteiger partial charge on any atom is 0.343 e. The number of benzene rings is 1. The van der Waals surface area contributed by atoms with Gasteiger partial charge in [-0.05, 0) is 19.8 Å². The van der Waals surface area contributed by atoms with E-state index < -0.39 is 46.1 Å². The molecule has 8 heteroatoms. The van der Waals surface area contributed by atoms with Crippen molar-refractivity contribution in [2.24, 2.45) is 5.92 Å². The van der Waals surface area contributed by atoms with Crippen molar-refractivity contribution < 1.29 is 32.2 Å². The normalized spacial score (nSPS) is 15.2. The SMILES string of the molecule is CCOC(=O)C(C(=N)C1CC1)=C(O)c1c(F)cc(F)c(F)c1F. The van der Waals surface area contributed by atoms with Gasteiger partial charge in [0.25, 0.3) is 0 Å². The van der Waals surface area contributed by atoms with Crippen LogP contribution in [0.4, 0.5) is 17.6 Å². The molecule has 23 heavy (non-hydrogen) atoms. The second-order valence-electron chi connectivity index (χ2n) is 4.98. The van der Waals surface area contributed by atoms with Crippen molar-refractivity contribution in [3.05, 3.63) is 40.5 Å². The quantitative estimate of drug-likeness (QED) is 0.165. The second-order valence-corrected chi connectivity index (χ2v) is 4.98. The molecule has 1 aromatic rings. The van der Waals surface area contributed by atoms with E-state index in [0.29, 0.717) is 12.8 Å². The van der Waals surface area contributed by atoms with Crippen molar-refractivity contribution in [2.75, 3.05) is 6.61 Å². The van der Waals surface area contributed by atoms with Crippen LogP contribution in [0.2, 0.25) is 0 Å². The summed E-state index contributed by atoms with van der Waals surface area (Å²) in [4.78, 5) is 11.9. The molecule has 0 heterocycles. The van der Waals surface area contributed by atoms with Crippen molar-refractivity contribution in [1.82, 2.24) is 0 Å². The Kier molecular flexibility index (Phi) is 4.72. The van der Waals surface area contributed by atoms with Crippen molar-refractivity contribution in [1.29, 1.82) is 5.41 Å². The zero-order chi connectivity index (χ0) is 17.3. The summed E-state index contributed by atoms with van der Waals surface area (Å²) in [6.07, 6.45) is 1.13. The highest BCUT2D eigenvalue weighted by Crippen LogP contribution is 2.36. The molecule has 1 aliphatic carbocycles. The summed E-state index contributed by atoms with van der Waals surface area (Å²) in [5.74, 6) is -10.1. The smallest absolute Gasteiger partial charge is 0.343 e. The molecular weight excluding hydrogens is 318 g/mol. The average Bonchev–Trinajstić information content (AvgIpc) is 3.30. The van der Waals surface area contributed by atoms with E-state index in [9.17, 15) is 27.5 Å². The minimum Gasteiger partial charge on any atom is -0.506 e. The Morgan fingerprint density at radius 2 is 1.87 bits per heavy atom. The Labute approximate surface area is 128 Å². The molecule has 0 spiro atoms. The van der Waals surface area contributed by atoms with Crippen LogP contribution >= 0.6 is 0 Å². The maximum atomic E-state index is 13.8. The molecule has 1 aromatic carbocycles. The first kappa shape index (κ1) is 17.0. The maximum absolute atomic E-state index is 13.8. The predicted octanol–water partition coefficient (Wildman–Crippen LogP) is 3.50. The van der Waals surface area contributed by atoms with E-state index in [1.807, 2.05) is 0 Å². The van der Waals surface area contributed by atoms with Gasteiger partial charge in [0.2, 0.25) is 0 Å². The molecule has 124 valence electrons. The number of carbonyl (C=O) groups excluding carboxylic acids is 1. The van der Waals surface area contributed by atoms with E-state index in [1.165, 1.54) is 6.92 Å². The van der Waals surface area contributed by atoms with Gasteiger partial charge in [-0.3, -0.25) is 0 Å². The lowest BCUT2D eigenvalue weighted by Gasteiger charge is -2.13. The zero-order valence-corrected chi connectivity index (χ0v) is 12.1. The molecule has 2 rings (SSSR count). The van der Waals surface area contributed by atoms with E-state index in [2.05, 4.69) is 4.74 Å². The van der Waals surface area contributed by atoms with Gasteiger partial charge in [-0.2, -0.15) is 0 Å². The van der Waals surface area contributed by atoms with Crippen LogP contribution < -0.4 is 0 Å². The summed E-state index contributed by atoms with van der Waals surface area (Å²) in [5, 5.41) is 17.9. The fourth-order valence-corrected chi connectivity index (χ4v) is 2.02. The van der Waals surface area contributed by atoms with Crippen LogP contribution in [-0.2, 0) is 9.53 Å². The van der Waals surface area contributed by atoms with Crippen LogP contribution in [0, 0.1) is 34.6 Å². The predicted molar refractivity (Wildman–Crippen MR) is 72.9 cm³/mol. The number of nitrogens with one attached hydrogen (secondary N) is 1. The monoisotopic (exact) mass is 331 g/mol. The van der Waals surface area contributed by atoms with Crippen molar-refractivity contribution in [2.45, 2.75) is 19.8 Å². The number of carbonyl (C=O) groups is 1. The molecule has 4 nitrogen and oxygen atoms in total. The van der Waals surface area contributed by atoms with E-state index in [-0.39, 0.29) is 24.3 Å². The topological polar surface area (TPSA) is 70.4 Å². The fraction of sp³-hybridized carbons (Fsp3) is 0.333. The highest BCUT2D eigenvalue weighted by atomic mass is 19.2. The largest absolute Gasteiger partial charge is 0.506 e. The van der Waals surface area contributed by atoms with Crippen LogP contribution in [0.1, 0.15) is 25.3 Å². The molecule has 0 unspecified atom stereocenters. The van der Waals surface area contributed by atoms with Gasteiger partial charge in [0.1, 0.15) is 17.1 Å². The number of hydrogen-bond acceptors (Lipinski definition) is 4. The summed E-state index contributed by atoms with van der Waals surface area (Å²) in [7, 11) is 0. The first-order chi connectivity index (χ1) is 10.8. The number of hydrogen-bond donors (Lipinski definition) is 2. The number of aliphatic hydroxyl groups excluding tert-OH is 1. The third-order valence-corrected chi connectivity index (χ3v) is 3.32. The lowest BCUT2D eigenvalue weighted by Crippen LogP contribution is -2.20. The van der Waals surface area contributed by atoms with Gasteiger partial charge in [0.15, 0.2) is 17.5 Å². The number of rotatable bonds is 5. The molecule has 0 amide bonds. The summed E-state index contributed by atoms with van der Waals surface area (Å²) in [5.41, 5.74) is -2.42. The fourth-order valence-electron chi connectivity index (χ4n) is 2.02. The molecule has 1 saturated carbocycles. The minimum atomic E-state index is -1.99. The van der Waals surface area contributed by atoms with E-state index in [1.54, 1.807) is 0 Å². The summed E-state index contributed by atoms with van der Waals surface area (Å²) < 4.78 is 58.5. The van der Waals surface area contributed by atoms with Gasteiger partial charge in [0.05, 0.1) is 17.9 Å². The van der Waals surface area contributed by atoms with Crippen molar-refractivity contribution >= 4 is 17.4 Å². The Morgan fingerprint density at radius 1 is 1.26 bits per heavy atom. The molecule has 1 aliphatic rings. The third-order valence-electron chi connectivity index (χ3n) is 3.32. The molecule has 0 bridgehead atoms. The summed E-state index contributed by atoms with van der Waals surface area (Å²) >= 11 is 0. The Balaban J connectivity index is 2.65. The molecule has 1 fully saturated rings. The van der Waals surface area contributed by atoms with Crippen LogP contribution in [0.3, 0.4) is 0 Å². The summed E-state index contributed by atoms with van der Waals surface area (Å²) in [6.45, 7) is 1.36. The number of halogens is 4. The van der Waals surface area contributed by atoms with Crippen LogP contribution in [-0.4, -0.2) is 23.4 Å². The van der Waals surface area contributed by atoms with Gasteiger partial charge in [0, 0.05) is 12.0 Å². The number of esters is 1. The van der Waals surface area contributed by atoms with E-state index in [0.717, 1.165) is 0 Å². The molecule has 0 radical (unpaired) electrons. The number of ether oxygens (including phenoxy) is 1. The molecule has 2 N–H and O–H groups in total. The van der Waals surface area contributed by atoms with Gasteiger partial charge in [-0.25, -0.2) is 22.4 Å². The van der Waals surface area contributed by atoms with Crippen LogP contribution in [0.25, 0.3) is 5.76 Å². The lowest BCUT2D eigenvalue weighted by molar-refractivity contribution is -0.137. The van der Waals surface area contributed by atoms with E-state index in [4.69, 9.17) is 5.41 Å². The van der Waals surface area contributed by atoms with Crippen molar-refractivity contribution in [3.63, 3.8) is 0 Å². The van der Waals surface area contributed by atoms with Gasteiger partial charge >= 0.3 is 5.97 Å². The number of aliphatic hydroxyl groups is 1.